The molecule has 2 aliphatic heterocycles. The van der Waals surface area contributed by atoms with Gasteiger partial charge >= 0.3 is 0 Å². The molecule has 0 N–H and O–H groups in total. The first-order valence-corrected chi connectivity index (χ1v) is 9.06. The third kappa shape index (κ3) is 3.32. The lowest BCUT2D eigenvalue weighted by Gasteiger charge is -2.27. The van der Waals surface area contributed by atoms with Gasteiger partial charge in [0, 0.05) is 40.3 Å². The molecular weight excluding hydrogens is 328 g/mol. The van der Waals surface area contributed by atoms with E-state index >= 15 is 0 Å². The van der Waals surface area contributed by atoms with Crippen LogP contribution in [0, 0.1) is 22.7 Å². The molecule has 26 heavy (non-hydrogen) atoms. The van der Waals surface area contributed by atoms with Crippen molar-refractivity contribution < 1.29 is 9.59 Å². The number of carbonyl (C=O) groups excluding carboxylic acids is 2. The molecule has 0 aromatic heterocycles. The molecule has 2 heterocycles. The summed E-state index contributed by atoms with van der Waals surface area (Å²) < 4.78 is 0. The molecule has 138 valence electrons. The van der Waals surface area contributed by atoms with Crippen molar-refractivity contribution >= 4 is 11.8 Å². The van der Waals surface area contributed by atoms with Crippen LogP contribution in [0.25, 0.3) is 0 Å². The summed E-state index contributed by atoms with van der Waals surface area (Å²) in [6.07, 6.45) is 0.808. The number of likely N-dealkylation sites (N-methyl/N-ethyl adjacent to an activating group) is 1. The van der Waals surface area contributed by atoms with E-state index in [1.165, 1.54) is 4.90 Å². The minimum Gasteiger partial charge on any atom is -0.347 e. The van der Waals surface area contributed by atoms with Crippen molar-refractivity contribution in [1.82, 2.24) is 14.7 Å². The Balaban J connectivity index is 1.69. The summed E-state index contributed by atoms with van der Waals surface area (Å²) in [5.74, 6) is 0.341. The minimum atomic E-state index is -0.376. The van der Waals surface area contributed by atoms with E-state index in [-0.39, 0.29) is 29.7 Å². The van der Waals surface area contributed by atoms with Gasteiger partial charge in [0.25, 0.3) is 0 Å². The monoisotopic (exact) mass is 354 g/mol. The van der Waals surface area contributed by atoms with E-state index in [9.17, 15) is 9.59 Å². The summed E-state index contributed by atoms with van der Waals surface area (Å²) >= 11 is 0. The van der Waals surface area contributed by atoms with E-state index in [0.29, 0.717) is 12.1 Å². The van der Waals surface area contributed by atoms with Gasteiger partial charge in [0.2, 0.25) is 11.8 Å². The smallest absolute Gasteiger partial charge is 0.241 e. The number of nitriles is 1. The van der Waals surface area contributed by atoms with E-state index < -0.39 is 0 Å². The first-order chi connectivity index (χ1) is 12.4. The number of benzene rings is 1. The Morgan fingerprint density at radius 1 is 1.42 bits per heavy atom. The molecule has 1 spiro atoms. The van der Waals surface area contributed by atoms with Gasteiger partial charge in [-0.1, -0.05) is 19.1 Å². The number of rotatable bonds is 4. The Bertz CT molecular complexity index is 754. The Morgan fingerprint density at radius 2 is 2.19 bits per heavy atom. The molecule has 0 unspecified atom stereocenters. The van der Waals surface area contributed by atoms with Crippen molar-refractivity contribution in [1.29, 1.82) is 5.26 Å². The van der Waals surface area contributed by atoms with Crippen LogP contribution in [0.2, 0.25) is 0 Å². The Labute approximate surface area is 155 Å². The highest BCUT2D eigenvalue weighted by molar-refractivity contribution is 5.90. The lowest BCUT2D eigenvalue weighted by molar-refractivity contribution is -0.142. The molecule has 0 radical (unpaired) electrons. The SMILES string of the molecule is C[C@H]1CN(Cc2cccc(C#N)c2)C[C@@]12CCN(CC(=O)N(C)C)C2=O. The van der Waals surface area contributed by atoms with Crippen molar-refractivity contribution in [2.24, 2.45) is 11.3 Å². The maximum atomic E-state index is 13.1. The topological polar surface area (TPSA) is 67.7 Å². The van der Waals surface area contributed by atoms with Gasteiger partial charge in [-0.3, -0.25) is 14.5 Å². The van der Waals surface area contributed by atoms with Crippen LogP contribution < -0.4 is 0 Å². The summed E-state index contributed by atoms with van der Waals surface area (Å²) in [5, 5.41) is 9.06. The molecule has 0 saturated carbocycles. The highest BCUT2D eigenvalue weighted by atomic mass is 16.2. The van der Waals surface area contributed by atoms with Gasteiger partial charge in [-0.25, -0.2) is 0 Å². The molecule has 2 aliphatic rings. The van der Waals surface area contributed by atoms with E-state index in [4.69, 9.17) is 5.26 Å². The summed E-state index contributed by atoms with van der Waals surface area (Å²) in [4.78, 5) is 30.6. The summed E-state index contributed by atoms with van der Waals surface area (Å²) in [6, 6.07) is 9.81. The van der Waals surface area contributed by atoms with Crippen LogP contribution >= 0.6 is 0 Å². The van der Waals surface area contributed by atoms with Crippen molar-refractivity contribution in [3.8, 4) is 6.07 Å². The van der Waals surface area contributed by atoms with Gasteiger partial charge in [-0.05, 0) is 30.0 Å². The van der Waals surface area contributed by atoms with Gasteiger partial charge in [-0.15, -0.1) is 0 Å². The van der Waals surface area contributed by atoms with Crippen molar-refractivity contribution in [3.63, 3.8) is 0 Å². The second kappa shape index (κ2) is 7.08. The molecule has 1 aromatic carbocycles. The fourth-order valence-corrected chi connectivity index (χ4v) is 4.22. The number of nitrogens with zero attached hydrogens (tertiary/aromatic N) is 4. The standard InChI is InChI=1S/C20H26N4O2/c1-15-11-23(12-17-6-4-5-16(9-17)10-21)14-20(15)7-8-24(19(20)26)13-18(25)22(2)3/h4-6,9,15H,7-8,11-14H2,1-3H3/t15-,20-/m0/s1. The predicted octanol–water partition coefficient (Wildman–Crippen LogP) is 1.32. The normalized spacial score (nSPS) is 25.7. The lowest BCUT2D eigenvalue weighted by Crippen LogP contribution is -2.43. The minimum absolute atomic E-state index is 0.0359. The van der Waals surface area contributed by atoms with Crippen molar-refractivity contribution in [2.45, 2.75) is 19.9 Å². The van der Waals surface area contributed by atoms with E-state index in [2.05, 4.69) is 17.9 Å². The second-order valence-electron chi connectivity index (χ2n) is 7.80. The largest absolute Gasteiger partial charge is 0.347 e. The highest BCUT2D eigenvalue weighted by Crippen LogP contribution is 2.45. The molecule has 6 heteroatoms. The molecule has 2 fully saturated rings. The number of hydrogen-bond donors (Lipinski definition) is 0. The van der Waals surface area contributed by atoms with Crippen LogP contribution in [0.5, 0.6) is 0 Å². The van der Waals surface area contributed by atoms with Gasteiger partial charge in [0.1, 0.15) is 0 Å². The van der Waals surface area contributed by atoms with Crippen LogP contribution in [0.1, 0.15) is 24.5 Å². The van der Waals surface area contributed by atoms with Crippen LogP contribution in [0.15, 0.2) is 24.3 Å². The fraction of sp³-hybridized carbons (Fsp3) is 0.550. The van der Waals surface area contributed by atoms with Crippen LogP contribution in [-0.4, -0.2) is 66.8 Å². The van der Waals surface area contributed by atoms with E-state index in [1.807, 2.05) is 18.2 Å². The first kappa shape index (κ1) is 18.4. The molecule has 2 atom stereocenters. The zero-order valence-corrected chi connectivity index (χ0v) is 15.7. The van der Waals surface area contributed by atoms with Crippen LogP contribution in [0.4, 0.5) is 0 Å². The maximum absolute atomic E-state index is 13.1. The third-order valence-corrected chi connectivity index (χ3v) is 5.81. The molecule has 2 saturated heterocycles. The Kier molecular flexibility index (Phi) is 5.01. The predicted molar refractivity (Wildman–Crippen MR) is 97.9 cm³/mol. The van der Waals surface area contributed by atoms with Gasteiger partial charge in [-0.2, -0.15) is 5.26 Å². The van der Waals surface area contributed by atoms with Crippen molar-refractivity contribution in [2.75, 3.05) is 40.3 Å². The Hall–Kier alpha value is -2.39. The van der Waals surface area contributed by atoms with Gasteiger partial charge in [0.15, 0.2) is 0 Å². The average Bonchev–Trinajstić information content (AvgIpc) is 3.09. The zero-order valence-electron chi connectivity index (χ0n) is 15.7. The van der Waals surface area contributed by atoms with Gasteiger partial charge in [0.05, 0.1) is 23.6 Å². The van der Waals surface area contributed by atoms with Crippen LogP contribution in [0.3, 0.4) is 0 Å². The number of amides is 2. The lowest BCUT2D eigenvalue weighted by atomic mass is 9.78. The van der Waals surface area contributed by atoms with E-state index in [0.717, 1.165) is 31.6 Å². The molecule has 0 aliphatic carbocycles. The van der Waals surface area contributed by atoms with Crippen LogP contribution in [-0.2, 0) is 16.1 Å². The molecular formula is C20H26N4O2. The van der Waals surface area contributed by atoms with Crippen molar-refractivity contribution in [3.05, 3.63) is 35.4 Å². The quantitative estimate of drug-likeness (QED) is 0.818. The summed E-state index contributed by atoms with van der Waals surface area (Å²) in [5.41, 5.74) is 1.38. The molecule has 6 nitrogen and oxygen atoms in total. The van der Waals surface area contributed by atoms with Gasteiger partial charge < -0.3 is 9.80 Å². The second-order valence-corrected chi connectivity index (χ2v) is 7.80. The molecule has 3 rings (SSSR count). The number of likely N-dealkylation sites (tertiary alicyclic amines) is 2. The summed E-state index contributed by atoms with van der Waals surface area (Å²) in [6.45, 7) is 5.28. The molecule has 1 aromatic rings. The summed E-state index contributed by atoms with van der Waals surface area (Å²) in [7, 11) is 3.43. The molecule has 0 bridgehead atoms. The molecule has 2 amide bonds. The Morgan fingerprint density at radius 3 is 2.88 bits per heavy atom. The number of hydrogen-bond acceptors (Lipinski definition) is 4. The number of carbonyl (C=O) groups is 2. The zero-order chi connectivity index (χ0) is 18.9. The highest BCUT2D eigenvalue weighted by Gasteiger charge is 2.55. The van der Waals surface area contributed by atoms with E-state index in [1.54, 1.807) is 25.1 Å². The average molecular weight is 354 g/mol. The fourth-order valence-electron chi connectivity index (χ4n) is 4.22. The first-order valence-electron chi connectivity index (χ1n) is 9.06. The maximum Gasteiger partial charge on any atom is 0.241 e. The third-order valence-electron chi connectivity index (χ3n) is 5.81.